The summed E-state index contributed by atoms with van der Waals surface area (Å²) in [5, 5.41) is 8.63. The molecule has 2 aromatic heterocycles. The maximum Gasteiger partial charge on any atom is 0.291 e. The van der Waals surface area contributed by atoms with Crippen molar-refractivity contribution in [1.82, 2.24) is 9.78 Å². The maximum absolute atomic E-state index is 12.5. The van der Waals surface area contributed by atoms with Gasteiger partial charge in [-0.05, 0) is 35.9 Å². The molecule has 0 aliphatic carbocycles. The minimum atomic E-state index is -0.291. The highest BCUT2D eigenvalue weighted by Gasteiger charge is 2.18. The molecule has 0 fully saturated rings. The zero-order chi connectivity index (χ0) is 20.3. The zero-order valence-corrected chi connectivity index (χ0v) is 16.2. The first kappa shape index (κ1) is 17.9. The Bertz CT molecular complexity index is 1300. The van der Waals surface area contributed by atoms with E-state index < -0.39 is 0 Å². The van der Waals surface area contributed by atoms with Crippen LogP contribution in [0.2, 0.25) is 0 Å². The molecule has 146 valence electrons. The van der Waals surface area contributed by atoms with Crippen LogP contribution in [0.1, 0.15) is 16.1 Å². The molecule has 0 atom stereocenters. The van der Waals surface area contributed by atoms with E-state index in [1.165, 1.54) is 5.56 Å². The molecule has 1 N–H and O–H groups in total. The Labute approximate surface area is 173 Å². The van der Waals surface area contributed by atoms with Crippen LogP contribution in [0.3, 0.4) is 0 Å². The van der Waals surface area contributed by atoms with Crippen LogP contribution in [-0.2, 0) is 6.54 Å². The van der Waals surface area contributed by atoms with Gasteiger partial charge < -0.3 is 9.73 Å². The third-order valence-corrected chi connectivity index (χ3v) is 4.93. The fraction of sp³-hybridized carbons (Fsp3) is 0.0400. The van der Waals surface area contributed by atoms with Crippen molar-refractivity contribution >= 4 is 22.5 Å². The second kappa shape index (κ2) is 7.72. The summed E-state index contributed by atoms with van der Waals surface area (Å²) in [5.74, 6) is 0.521. The number of benzene rings is 3. The highest BCUT2D eigenvalue weighted by Crippen LogP contribution is 2.30. The lowest BCUT2D eigenvalue weighted by Crippen LogP contribution is -2.10. The number of carbonyl (C=O) groups excluding carboxylic acids is 1. The molecule has 0 aliphatic rings. The van der Waals surface area contributed by atoms with E-state index in [9.17, 15) is 4.79 Å². The Morgan fingerprint density at radius 1 is 0.833 bits per heavy atom. The van der Waals surface area contributed by atoms with Crippen LogP contribution >= 0.6 is 0 Å². The summed E-state index contributed by atoms with van der Waals surface area (Å²) in [6.07, 6.45) is 0. The maximum atomic E-state index is 12.5. The molecular formula is C25H19N3O2. The van der Waals surface area contributed by atoms with E-state index in [0.717, 1.165) is 22.3 Å². The molecule has 0 saturated heterocycles. The summed E-state index contributed by atoms with van der Waals surface area (Å²) in [6.45, 7) is 0.656. The van der Waals surface area contributed by atoms with Gasteiger partial charge in [-0.15, -0.1) is 0 Å². The van der Waals surface area contributed by atoms with Gasteiger partial charge in [0.1, 0.15) is 5.69 Å². The van der Waals surface area contributed by atoms with E-state index >= 15 is 0 Å². The summed E-state index contributed by atoms with van der Waals surface area (Å²) in [4.78, 5) is 12.5. The van der Waals surface area contributed by atoms with Crippen molar-refractivity contribution in [3.63, 3.8) is 0 Å². The smallest absolute Gasteiger partial charge is 0.291 e. The van der Waals surface area contributed by atoms with Crippen LogP contribution in [0, 0.1) is 0 Å². The number of anilines is 1. The molecule has 0 unspecified atom stereocenters. The number of para-hydroxylation sites is 2. The number of carbonyl (C=O) groups is 1. The van der Waals surface area contributed by atoms with Gasteiger partial charge in [-0.1, -0.05) is 66.7 Å². The fourth-order valence-corrected chi connectivity index (χ4v) is 3.49. The van der Waals surface area contributed by atoms with Gasteiger partial charge in [0.15, 0.2) is 11.5 Å². The molecule has 0 bridgehead atoms. The van der Waals surface area contributed by atoms with Gasteiger partial charge in [0, 0.05) is 11.1 Å². The predicted molar refractivity (Wildman–Crippen MR) is 117 cm³/mol. The Balaban J connectivity index is 1.47. The molecule has 5 rings (SSSR count). The fourth-order valence-electron chi connectivity index (χ4n) is 3.49. The van der Waals surface area contributed by atoms with Crippen LogP contribution in [0.5, 0.6) is 0 Å². The number of nitrogens with zero attached hydrogens (tertiary/aromatic N) is 2. The van der Waals surface area contributed by atoms with Crippen molar-refractivity contribution in [3.8, 4) is 11.5 Å². The van der Waals surface area contributed by atoms with Gasteiger partial charge >= 0.3 is 0 Å². The van der Waals surface area contributed by atoms with Crippen molar-refractivity contribution in [1.29, 1.82) is 0 Å². The Morgan fingerprint density at radius 2 is 1.53 bits per heavy atom. The second-order valence-electron chi connectivity index (χ2n) is 6.99. The summed E-state index contributed by atoms with van der Waals surface area (Å²) in [6, 6.07) is 31.0. The summed E-state index contributed by atoms with van der Waals surface area (Å²) >= 11 is 0. The molecule has 3 aromatic carbocycles. The number of fused-ring (bicyclic) bond motifs is 1. The Hall–Kier alpha value is -4.12. The lowest BCUT2D eigenvalue weighted by Gasteiger charge is -2.03. The first-order valence-corrected chi connectivity index (χ1v) is 9.74. The first-order chi connectivity index (χ1) is 14.8. The van der Waals surface area contributed by atoms with Crippen molar-refractivity contribution in [2.45, 2.75) is 6.54 Å². The van der Waals surface area contributed by atoms with Crippen LogP contribution in [0.4, 0.5) is 5.69 Å². The van der Waals surface area contributed by atoms with E-state index in [4.69, 9.17) is 9.52 Å². The molecular weight excluding hydrogens is 374 g/mol. The SMILES string of the molecule is O=C(Nc1ccccc1)c1ccc(-c2nn(Cc3ccccc3)c3ccccc23)o1. The molecule has 0 saturated carbocycles. The van der Waals surface area contributed by atoms with Gasteiger partial charge in [0.2, 0.25) is 0 Å². The highest BCUT2D eigenvalue weighted by atomic mass is 16.4. The molecule has 1 amide bonds. The topological polar surface area (TPSA) is 60.1 Å². The lowest BCUT2D eigenvalue weighted by molar-refractivity contribution is 0.0997. The average molecular weight is 393 g/mol. The average Bonchev–Trinajstić information content (AvgIpc) is 3.41. The van der Waals surface area contributed by atoms with Crippen molar-refractivity contribution in [2.24, 2.45) is 0 Å². The second-order valence-corrected chi connectivity index (χ2v) is 6.99. The van der Waals surface area contributed by atoms with Crippen LogP contribution < -0.4 is 5.32 Å². The van der Waals surface area contributed by atoms with Crippen molar-refractivity contribution in [2.75, 3.05) is 5.32 Å². The highest BCUT2D eigenvalue weighted by molar-refractivity contribution is 6.03. The minimum Gasteiger partial charge on any atom is -0.449 e. The number of furan rings is 1. The monoisotopic (exact) mass is 393 g/mol. The Kier molecular flexibility index (Phi) is 4.62. The van der Waals surface area contributed by atoms with Gasteiger partial charge in [-0.3, -0.25) is 9.48 Å². The number of hydrogen-bond donors (Lipinski definition) is 1. The van der Waals surface area contributed by atoms with Crippen LogP contribution in [-0.4, -0.2) is 15.7 Å². The number of aromatic nitrogens is 2. The van der Waals surface area contributed by atoms with Gasteiger partial charge in [0.25, 0.3) is 5.91 Å². The van der Waals surface area contributed by atoms with E-state index in [1.807, 2.05) is 77.5 Å². The van der Waals surface area contributed by atoms with E-state index in [0.29, 0.717) is 12.3 Å². The quantitative estimate of drug-likeness (QED) is 0.423. The predicted octanol–water partition coefficient (Wildman–Crippen LogP) is 5.60. The third kappa shape index (κ3) is 3.49. The minimum absolute atomic E-state index is 0.246. The number of amides is 1. The summed E-state index contributed by atoms with van der Waals surface area (Å²) < 4.78 is 7.85. The number of rotatable bonds is 5. The molecule has 5 heteroatoms. The van der Waals surface area contributed by atoms with Gasteiger partial charge in [-0.2, -0.15) is 5.10 Å². The number of hydrogen-bond acceptors (Lipinski definition) is 3. The van der Waals surface area contributed by atoms with Gasteiger partial charge in [0.05, 0.1) is 12.1 Å². The number of nitrogens with one attached hydrogen (secondary N) is 1. The lowest BCUT2D eigenvalue weighted by atomic mass is 10.2. The van der Waals surface area contributed by atoms with E-state index in [1.54, 1.807) is 12.1 Å². The third-order valence-electron chi connectivity index (χ3n) is 4.93. The molecule has 30 heavy (non-hydrogen) atoms. The molecule has 0 aliphatic heterocycles. The molecule has 0 spiro atoms. The molecule has 0 radical (unpaired) electrons. The zero-order valence-electron chi connectivity index (χ0n) is 16.2. The van der Waals surface area contributed by atoms with E-state index in [-0.39, 0.29) is 11.7 Å². The largest absolute Gasteiger partial charge is 0.449 e. The Morgan fingerprint density at radius 3 is 2.33 bits per heavy atom. The first-order valence-electron chi connectivity index (χ1n) is 9.74. The molecule has 2 heterocycles. The normalized spacial score (nSPS) is 10.9. The van der Waals surface area contributed by atoms with Crippen LogP contribution in [0.25, 0.3) is 22.4 Å². The standard InChI is InChI=1S/C25H19N3O2/c29-25(26-19-11-5-2-6-12-19)23-16-15-22(30-23)24-20-13-7-8-14-21(20)28(27-24)17-18-9-3-1-4-10-18/h1-16H,17H2,(H,26,29). The van der Waals surface area contributed by atoms with Crippen molar-refractivity contribution < 1.29 is 9.21 Å². The summed E-state index contributed by atoms with van der Waals surface area (Å²) in [5.41, 5.74) is 3.63. The summed E-state index contributed by atoms with van der Waals surface area (Å²) in [7, 11) is 0. The van der Waals surface area contributed by atoms with E-state index in [2.05, 4.69) is 17.4 Å². The van der Waals surface area contributed by atoms with Gasteiger partial charge in [-0.25, -0.2) is 0 Å². The molecule has 5 aromatic rings. The molecule has 5 nitrogen and oxygen atoms in total. The van der Waals surface area contributed by atoms with Crippen LogP contribution in [0.15, 0.2) is 101 Å². The van der Waals surface area contributed by atoms with Crippen molar-refractivity contribution in [3.05, 3.63) is 108 Å².